The molecule has 1 amide bonds. The summed E-state index contributed by atoms with van der Waals surface area (Å²) in [6.45, 7) is 6.43. The lowest BCUT2D eigenvalue weighted by atomic mass is 10.0. The largest absolute Gasteiger partial charge is 0.462 e. The third-order valence-corrected chi connectivity index (χ3v) is 12.2. The lowest BCUT2D eigenvalue weighted by molar-refractivity contribution is -0.151. The quantitative estimate of drug-likeness (QED) is 0.0321. The molecule has 0 heterocycles. The van der Waals surface area contributed by atoms with Crippen LogP contribution in [0.15, 0.2) is 60.8 Å². The van der Waals surface area contributed by atoms with Gasteiger partial charge < -0.3 is 20.3 Å². The van der Waals surface area contributed by atoms with Crippen molar-refractivity contribution in [2.75, 3.05) is 6.61 Å². The molecule has 0 saturated heterocycles. The van der Waals surface area contributed by atoms with E-state index in [0.29, 0.717) is 19.3 Å². The lowest BCUT2D eigenvalue weighted by Crippen LogP contribution is -2.46. The fourth-order valence-corrected chi connectivity index (χ4v) is 8.01. The Morgan fingerprint density at radius 2 is 0.810 bits per heavy atom. The van der Waals surface area contributed by atoms with Gasteiger partial charge in [0.2, 0.25) is 5.91 Å². The number of aliphatic hydroxyl groups excluding tert-OH is 2. The van der Waals surface area contributed by atoms with Crippen LogP contribution in [0.5, 0.6) is 0 Å². The van der Waals surface area contributed by atoms with Crippen molar-refractivity contribution < 1.29 is 24.5 Å². The smallest absolute Gasteiger partial charge is 0.306 e. The van der Waals surface area contributed by atoms with Crippen LogP contribution in [0.1, 0.15) is 265 Å². The van der Waals surface area contributed by atoms with Crippen LogP contribution < -0.4 is 5.32 Å². The molecule has 0 rings (SSSR count). The molecule has 0 aromatic carbocycles. The monoisotopic (exact) mass is 882 g/mol. The zero-order valence-corrected chi connectivity index (χ0v) is 41.7. The molecule has 0 aliphatic heterocycles. The molecule has 0 fully saturated rings. The number of allylic oxidation sites excluding steroid dienone is 10. The Bertz CT molecular complexity index is 1130. The summed E-state index contributed by atoms with van der Waals surface area (Å²) in [4.78, 5) is 26.2. The van der Waals surface area contributed by atoms with Crippen molar-refractivity contribution >= 4 is 11.9 Å². The second-order valence-electron chi connectivity index (χ2n) is 18.4. The van der Waals surface area contributed by atoms with Gasteiger partial charge in [-0.1, -0.05) is 236 Å². The maximum absolute atomic E-state index is 13.2. The summed E-state index contributed by atoms with van der Waals surface area (Å²) in [5.74, 6) is -0.517. The van der Waals surface area contributed by atoms with E-state index < -0.39 is 18.2 Å². The molecular weight excluding hydrogens is 779 g/mol. The number of amides is 1. The number of aliphatic hydroxyl groups is 2. The van der Waals surface area contributed by atoms with E-state index in [0.717, 1.165) is 77.0 Å². The van der Waals surface area contributed by atoms with Crippen LogP contribution in [0.25, 0.3) is 0 Å². The van der Waals surface area contributed by atoms with Crippen molar-refractivity contribution in [2.45, 2.75) is 283 Å². The summed E-state index contributed by atoms with van der Waals surface area (Å²) < 4.78 is 5.93. The Kier molecular flexibility index (Phi) is 48.6. The van der Waals surface area contributed by atoms with Gasteiger partial charge in [-0.05, 0) is 77.0 Å². The molecule has 0 radical (unpaired) electrons. The van der Waals surface area contributed by atoms with Gasteiger partial charge in [0.15, 0.2) is 0 Å². The zero-order valence-electron chi connectivity index (χ0n) is 41.7. The summed E-state index contributed by atoms with van der Waals surface area (Å²) in [5.41, 5.74) is 0. The van der Waals surface area contributed by atoms with Gasteiger partial charge in [0.05, 0.1) is 25.2 Å². The normalized spacial score (nSPS) is 13.7. The minimum Gasteiger partial charge on any atom is -0.462 e. The zero-order chi connectivity index (χ0) is 45.9. The molecule has 3 atom stereocenters. The predicted octanol–water partition coefficient (Wildman–Crippen LogP) is 16.4. The van der Waals surface area contributed by atoms with E-state index >= 15 is 0 Å². The standard InChI is InChI=1S/C57H103NO5/c1-4-7-10-13-16-19-22-25-27-29-31-33-36-39-42-45-48-53(63-57(62)50-47-44-41-38-35-32-28-26-23-20-17-14-11-8-5-2)51-56(61)58-54(52-59)55(60)49-46-43-40-37-34-30-24-21-18-15-12-9-6-3/h17,20,22-23,25-27,29,31,33,53-55,59-60H,4-16,18-19,21,24,28,30,32,34-52H2,1-3H3,(H,58,61)/b20-17+,25-22+,26-23+,29-27+,33-31+. The van der Waals surface area contributed by atoms with Crippen molar-refractivity contribution in [3.8, 4) is 0 Å². The number of ether oxygens (including phenoxy) is 1. The molecule has 0 aliphatic carbocycles. The molecule has 366 valence electrons. The number of nitrogens with one attached hydrogen (secondary N) is 1. The molecule has 0 aromatic heterocycles. The van der Waals surface area contributed by atoms with Crippen LogP contribution in [-0.2, 0) is 14.3 Å². The Morgan fingerprint density at radius 1 is 0.460 bits per heavy atom. The second kappa shape index (κ2) is 50.6. The van der Waals surface area contributed by atoms with Crippen LogP contribution in [-0.4, -0.2) is 46.9 Å². The summed E-state index contributed by atoms with van der Waals surface area (Å²) in [7, 11) is 0. The second-order valence-corrected chi connectivity index (χ2v) is 18.4. The van der Waals surface area contributed by atoms with E-state index in [1.807, 2.05) is 0 Å². The highest BCUT2D eigenvalue weighted by atomic mass is 16.5. The molecule has 6 heteroatoms. The first-order valence-corrected chi connectivity index (χ1v) is 27.1. The fraction of sp³-hybridized carbons (Fsp3) is 0.789. The number of carbonyl (C=O) groups excluding carboxylic acids is 2. The maximum atomic E-state index is 13.2. The number of unbranched alkanes of at least 4 members (excludes halogenated alkanes) is 29. The average molecular weight is 882 g/mol. The fourth-order valence-electron chi connectivity index (χ4n) is 8.01. The molecule has 63 heavy (non-hydrogen) atoms. The lowest BCUT2D eigenvalue weighted by Gasteiger charge is -2.24. The first-order chi connectivity index (χ1) is 31.0. The topological polar surface area (TPSA) is 95.9 Å². The number of hydrogen-bond donors (Lipinski definition) is 3. The van der Waals surface area contributed by atoms with Crippen LogP contribution in [0.2, 0.25) is 0 Å². The van der Waals surface area contributed by atoms with E-state index in [-0.39, 0.29) is 24.9 Å². The highest BCUT2D eigenvalue weighted by molar-refractivity contribution is 5.77. The van der Waals surface area contributed by atoms with Crippen molar-refractivity contribution in [3.05, 3.63) is 60.8 Å². The maximum Gasteiger partial charge on any atom is 0.306 e. The van der Waals surface area contributed by atoms with Crippen LogP contribution in [0, 0.1) is 0 Å². The van der Waals surface area contributed by atoms with Gasteiger partial charge in [0.1, 0.15) is 6.10 Å². The van der Waals surface area contributed by atoms with E-state index in [1.54, 1.807) is 0 Å². The number of rotatable bonds is 48. The van der Waals surface area contributed by atoms with Gasteiger partial charge in [-0.25, -0.2) is 0 Å². The van der Waals surface area contributed by atoms with E-state index in [2.05, 4.69) is 86.8 Å². The van der Waals surface area contributed by atoms with Gasteiger partial charge in [0.25, 0.3) is 0 Å². The van der Waals surface area contributed by atoms with E-state index in [1.165, 1.54) is 141 Å². The molecule has 0 aromatic rings. The number of esters is 1. The van der Waals surface area contributed by atoms with Crippen LogP contribution in [0.4, 0.5) is 0 Å². The van der Waals surface area contributed by atoms with Gasteiger partial charge in [-0.2, -0.15) is 0 Å². The summed E-state index contributed by atoms with van der Waals surface area (Å²) >= 11 is 0. The summed E-state index contributed by atoms with van der Waals surface area (Å²) in [6, 6.07) is -0.716. The molecule has 0 bridgehead atoms. The molecule has 0 saturated carbocycles. The first-order valence-electron chi connectivity index (χ1n) is 27.1. The Balaban J connectivity index is 4.67. The number of hydrogen-bond acceptors (Lipinski definition) is 5. The van der Waals surface area contributed by atoms with Crippen LogP contribution in [0.3, 0.4) is 0 Å². The van der Waals surface area contributed by atoms with Crippen molar-refractivity contribution in [2.24, 2.45) is 0 Å². The van der Waals surface area contributed by atoms with Gasteiger partial charge in [-0.15, -0.1) is 0 Å². The Morgan fingerprint density at radius 3 is 1.27 bits per heavy atom. The predicted molar refractivity (Wildman–Crippen MR) is 273 cm³/mol. The van der Waals surface area contributed by atoms with E-state index in [9.17, 15) is 19.8 Å². The minimum absolute atomic E-state index is 0.0494. The summed E-state index contributed by atoms with van der Waals surface area (Å²) in [6.07, 6.45) is 62.7. The highest BCUT2D eigenvalue weighted by Crippen LogP contribution is 2.17. The van der Waals surface area contributed by atoms with Gasteiger partial charge >= 0.3 is 5.97 Å². The molecule has 6 nitrogen and oxygen atoms in total. The van der Waals surface area contributed by atoms with Crippen LogP contribution >= 0.6 is 0 Å². The third-order valence-electron chi connectivity index (χ3n) is 12.2. The summed E-state index contributed by atoms with van der Waals surface area (Å²) in [5, 5.41) is 23.8. The molecular formula is C57H103NO5. The molecule has 3 N–H and O–H groups in total. The minimum atomic E-state index is -0.800. The van der Waals surface area contributed by atoms with Crippen molar-refractivity contribution in [1.82, 2.24) is 5.32 Å². The Hall–Kier alpha value is -2.44. The third kappa shape index (κ3) is 45.9. The molecule has 3 unspecified atom stereocenters. The SMILES string of the molecule is CCCCC/C=C/C=C/CCCCCCCCC(=O)OC(CCCCC/C=C/C=C/C=C/CCCCCCC)CC(=O)NC(CO)C(O)CCCCCCCCCCCCCCC. The first kappa shape index (κ1) is 60.6. The number of carbonyl (C=O) groups is 2. The van der Waals surface area contributed by atoms with Gasteiger partial charge in [0, 0.05) is 6.42 Å². The Labute approximate surface area is 390 Å². The van der Waals surface area contributed by atoms with E-state index in [4.69, 9.17) is 4.74 Å². The van der Waals surface area contributed by atoms with Crippen molar-refractivity contribution in [1.29, 1.82) is 0 Å². The molecule has 0 spiro atoms. The van der Waals surface area contributed by atoms with Crippen molar-refractivity contribution in [3.63, 3.8) is 0 Å². The average Bonchev–Trinajstić information content (AvgIpc) is 3.28. The van der Waals surface area contributed by atoms with Gasteiger partial charge in [-0.3, -0.25) is 9.59 Å². The highest BCUT2D eigenvalue weighted by Gasteiger charge is 2.24. The molecule has 0 aliphatic rings.